The number of hydrogen-bond donors (Lipinski definition) is 2. The van der Waals surface area contributed by atoms with Crippen LogP contribution in [0.25, 0.3) is 0 Å². The van der Waals surface area contributed by atoms with Crippen molar-refractivity contribution >= 4 is 17.4 Å². The Kier molecular flexibility index (Phi) is 3.50. The number of nitrogen functional groups attached to an aromatic ring is 1. The lowest BCUT2D eigenvalue weighted by molar-refractivity contribution is -0.119. The van der Waals surface area contributed by atoms with E-state index in [0.29, 0.717) is 5.82 Å². The van der Waals surface area contributed by atoms with E-state index < -0.39 is 0 Å². The van der Waals surface area contributed by atoms with Gasteiger partial charge >= 0.3 is 0 Å². The summed E-state index contributed by atoms with van der Waals surface area (Å²) in [4.78, 5) is 19.4. The quantitative estimate of drug-likeness (QED) is 0.889. The summed E-state index contributed by atoms with van der Waals surface area (Å²) < 4.78 is 0. The zero-order valence-corrected chi connectivity index (χ0v) is 12.9. The lowest BCUT2D eigenvalue weighted by Crippen LogP contribution is -2.48. The number of carbonyl (C=O) groups excluding carboxylic acids is 1. The molecule has 0 spiro atoms. The van der Waals surface area contributed by atoms with Crippen LogP contribution in [0.15, 0.2) is 42.6 Å². The van der Waals surface area contributed by atoms with Gasteiger partial charge < -0.3 is 16.0 Å². The number of benzene rings is 1. The molecule has 1 fully saturated rings. The zero-order valence-electron chi connectivity index (χ0n) is 12.9. The highest BCUT2D eigenvalue weighted by molar-refractivity contribution is 6.08. The second-order valence-electron chi connectivity index (χ2n) is 6.18. The van der Waals surface area contributed by atoms with Gasteiger partial charge in [0, 0.05) is 24.3 Å². The minimum atomic E-state index is -0.346. The van der Waals surface area contributed by atoms with Crippen molar-refractivity contribution in [2.45, 2.75) is 24.8 Å². The van der Waals surface area contributed by atoms with E-state index in [9.17, 15) is 4.79 Å². The van der Waals surface area contributed by atoms with Crippen LogP contribution in [0.4, 0.5) is 11.5 Å². The Morgan fingerprint density at radius 1 is 1.22 bits per heavy atom. The van der Waals surface area contributed by atoms with Crippen LogP contribution in [-0.2, 0) is 4.79 Å². The molecule has 1 unspecified atom stereocenters. The Bertz CT molecular complexity index is 725. The topological polar surface area (TPSA) is 71.2 Å². The SMILES string of the molecule is Nc1nccc2c1C(c1ccccc1)C(=O)N2[C@@H]1CCCNC1. The molecule has 23 heavy (non-hydrogen) atoms. The first-order chi connectivity index (χ1) is 11.3. The molecule has 118 valence electrons. The fourth-order valence-corrected chi connectivity index (χ4v) is 3.75. The molecule has 0 saturated carbocycles. The van der Waals surface area contributed by atoms with E-state index in [1.807, 2.05) is 41.3 Å². The van der Waals surface area contributed by atoms with Crippen molar-refractivity contribution in [1.29, 1.82) is 0 Å². The second kappa shape index (κ2) is 5.66. The summed E-state index contributed by atoms with van der Waals surface area (Å²) in [5, 5.41) is 3.39. The number of nitrogens with zero attached hydrogens (tertiary/aromatic N) is 2. The number of fused-ring (bicyclic) bond motifs is 1. The van der Waals surface area contributed by atoms with Crippen LogP contribution in [0.1, 0.15) is 29.9 Å². The van der Waals surface area contributed by atoms with Gasteiger partial charge in [-0.1, -0.05) is 30.3 Å². The molecule has 5 nitrogen and oxygen atoms in total. The molecule has 1 aromatic carbocycles. The van der Waals surface area contributed by atoms with E-state index in [2.05, 4.69) is 10.3 Å². The molecule has 0 aliphatic carbocycles. The number of amides is 1. The highest BCUT2D eigenvalue weighted by Gasteiger charge is 2.43. The number of rotatable bonds is 2. The van der Waals surface area contributed by atoms with E-state index in [-0.39, 0.29) is 17.9 Å². The van der Waals surface area contributed by atoms with Crippen LogP contribution < -0.4 is 16.0 Å². The van der Waals surface area contributed by atoms with Gasteiger partial charge in [0.05, 0.1) is 11.6 Å². The molecule has 2 aromatic rings. The Balaban J connectivity index is 1.82. The van der Waals surface area contributed by atoms with Crippen molar-refractivity contribution in [3.8, 4) is 0 Å². The van der Waals surface area contributed by atoms with Crippen LogP contribution in [-0.4, -0.2) is 30.0 Å². The van der Waals surface area contributed by atoms with Gasteiger partial charge in [-0.25, -0.2) is 4.98 Å². The molecule has 1 saturated heterocycles. The molecule has 3 heterocycles. The molecule has 5 heteroatoms. The van der Waals surface area contributed by atoms with Gasteiger partial charge in [-0.2, -0.15) is 0 Å². The Morgan fingerprint density at radius 3 is 2.78 bits per heavy atom. The standard InChI is InChI=1S/C18H20N4O/c19-17-16-14(8-10-21-17)22(13-7-4-9-20-11-13)18(23)15(16)12-5-2-1-3-6-12/h1-3,5-6,8,10,13,15,20H,4,7,9,11H2,(H2,19,21)/t13-,15?/m1/s1. The van der Waals surface area contributed by atoms with Gasteiger partial charge in [0.2, 0.25) is 5.91 Å². The van der Waals surface area contributed by atoms with E-state index in [4.69, 9.17) is 5.73 Å². The van der Waals surface area contributed by atoms with Crippen molar-refractivity contribution < 1.29 is 4.79 Å². The van der Waals surface area contributed by atoms with Crippen LogP contribution in [0.5, 0.6) is 0 Å². The summed E-state index contributed by atoms with van der Waals surface area (Å²) in [6.07, 6.45) is 3.79. The maximum absolute atomic E-state index is 13.2. The van der Waals surface area contributed by atoms with Crippen LogP contribution in [0.2, 0.25) is 0 Å². The minimum absolute atomic E-state index is 0.111. The van der Waals surface area contributed by atoms with Crippen LogP contribution >= 0.6 is 0 Å². The highest BCUT2D eigenvalue weighted by atomic mass is 16.2. The van der Waals surface area contributed by atoms with Crippen LogP contribution in [0, 0.1) is 0 Å². The summed E-state index contributed by atoms with van der Waals surface area (Å²) in [7, 11) is 0. The number of pyridine rings is 1. The molecule has 2 aliphatic heterocycles. The predicted molar refractivity (Wildman–Crippen MR) is 90.3 cm³/mol. The molecule has 2 aliphatic rings. The molecule has 0 bridgehead atoms. The van der Waals surface area contributed by atoms with Gasteiger partial charge in [0.15, 0.2) is 0 Å². The summed E-state index contributed by atoms with van der Waals surface area (Å²) >= 11 is 0. The molecule has 3 N–H and O–H groups in total. The van der Waals surface area contributed by atoms with E-state index in [0.717, 1.165) is 42.7 Å². The Morgan fingerprint density at radius 2 is 2.04 bits per heavy atom. The highest BCUT2D eigenvalue weighted by Crippen LogP contribution is 2.44. The molecule has 1 aromatic heterocycles. The van der Waals surface area contributed by atoms with E-state index in [1.165, 1.54) is 0 Å². The fraction of sp³-hybridized carbons (Fsp3) is 0.333. The molecule has 4 rings (SSSR count). The number of hydrogen-bond acceptors (Lipinski definition) is 4. The van der Waals surface area contributed by atoms with Gasteiger partial charge in [-0.15, -0.1) is 0 Å². The summed E-state index contributed by atoms with van der Waals surface area (Å²) in [5.74, 6) is 0.220. The van der Waals surface area contributed by atoms with Crippen molar-refractivity contribution in [1.82, 2.24) is 10.3 Å². The van der Waals surface area contributed by atoms with Crippen molar-refractivity contribution in [3.63, 3.8) is 0 Å². The number of nitrogens with one attached hydrogen (secondary N) is 1. The number of aromatic nitrogens is 1. The third-order valence-corrected chi connectivity index (χ3v) is 4.80. The average Bonchev–Trinajstić information content (AvgIpc) is 2.90. The molecular weight excluding hydrogens is 288 g/mol. The summed E-state index contributed by atoms with van der Waals surface area (Å²) in [6.45, 7) is 1.85. The summed E-state index contributed by atoms with van der Waals surface area (Å²) in [6, 6.07) is 12.0. The first kappa shape index (κ1) is 14.2. The lowest BCUT2D eigenvalue weighted by atomic mass is 9.93. The zero-order chi connectivity index (χ0) is 15.8. The van der Waals surface area contributed by atoms with Crippen LogP contribution in [0.3, 0.4) is 0 Å². The molecular formula is C18H20N4O. The van der Waals surface area contributed by atoms with E-state index >= 15 is 0 Å². The van der Waals surface area contributed by atoms with E-state index in [1.54, 1.807) is 6.20 Å². The summed E-state index contributed by atoms with van der Waals surface area (Å²) in [5.41, 5.74) is 8.90. The Hall–Kier alpha value is -2.40. The third-order valence-electron chi connectivity index (χ3n) is 4.80. The number of piperidine rings is 1. The Labute approximate surface area is 135 Å². The van der Waals surface area contributed by atoms with Crippen molar-refractivity contribution in [2.75, 3.05) is 23.7 Å². The average molecular weight is 308 g/mol. The molecule has 0 radical (unpaired) electrons. The number of anilines is 2. The van der Waals surface area contributed by atoms with Gasteiger partial charge in [-0.3, -0.25) is 4.79 Å². The second-order valence-corrected chi connectivity index (χ2v) is 6.18. The van der Waals surface area contributed by atoms with Gasteiger partial charge in [0.25, 0.3) is 0 Å². The molecule has 2 atom stereocenters. The third kappa shape index (κ3) is 2.28. The smallest absolute Gasteiger partial charge is 0.239 e. The molecule has 1 amide bonds. The normalized spacial score (nSPS) is 23.8. The fourth-order valence-electron chi connectivity index (χ4n) is 3.75. The van der Waals surface area contributed by atoms with Gasteiger partial charge in [0.1, 0.15) is 5.82 Å². The first-order valence-corrected chi connectivity index (χ1v) is 8.10. The lowest BCUT2D eigenvalue weighted by Gasteiger charge is -2.32. The monoisotopic (exact) mass is 308 g/mol. The predicted octanol–water partition coefficient (Wildman–Crippen LogP) is 1.89. The first-order valence-electron chi connectivity index (χ1n) is 8.10. The maximum Gasteiger partial charge on any atom is 0.239 e. The van der Waals surface area contributed by atoms with Gasteiger partial charge in [-0.05, 0) is 31.0 Å². The number of carbonyl (C=O) groups is 1. The van der Waals surface area contributed by atoms with Crippen molar-refractivity contribution in [3.05, 3.63) is 53.7 Å². The maximum atomic E-state index is 13.2. The van der Waals surface area contributed by atoms with Crippen molar-refractivity contribution in [2.24, 2.45) is 0 Å². The number of nitrogens with two attached hydrogens (primary N) is 1. The minimum Gasteiger partial charge on any atom is -0.383 e. The largest absolute Gasteiger partial charge is 0.383 e.